The Labute approximate surface area is 164 Å². The second kappa shape index (κ2) is 8.08. The van der Waals surface area contributed by atoms with Gasteiger partial charge >= 0.3 is 0 Å². The minimum Gasteiger partial charge on any atom is -0.392 e. The molecule has 1 atom stereocenters. The van der Waals surface area contributed by atoms with E-state index in [2.05, 4.69) is 37.5 Å². The van der Waals surface area contributed by atoms with Gasteiger partial charge in [0.1, 0.15) is 0 Å². The Morgan fingerprint density at radius 2 is 1.86 bits per heavy atom. The van der Waals surface area contributed by atoms with Gasteiger partial charge in [-0.15, -0.1) is 0 Å². The molecule has 1 saturated heterocycles. The van der Waals surface area contributed by atoms with E-state index in [0.29, 0.717) is 12.4 Å². The summed E-state index contributed by atoms with van der Waals surface area (Å²) in [6.07, 6.45) is 4.92. The molecule has 2 aromatic heterocycles. The van der Waals surface area contributed by atoms with Crippen LogP contribution in [0.2, 0.25) is 0 Å². The van der Waals surface area contributed by atoms with Crippen LogP contribution in [0.25, 0.3) is 11.4 Å². The van der Waals surface area contributed by atoms with Crippen LogP contribution in [0.3, 0.4) is 0 Å². The first-order valence-electron chi connectivity index (χ1n) is 9.72. The molecule has 146 valence electrons. The fourth-order valence-electron chi connectivity index (χ4n) is 3.82. The summed E-state index contributed by atoms with van der Waals surface area (Å²) in [5, 5.41) is 21.1. The number of anilines is 1. The van der Waals surface area contributed by atoms with E-state index in [4.69, 9.17) is 4.98 Å². The zero-order valence-electron chi connectivity index (χ0n) is 16.0. The standard InChI is InChI=1S/C21H26N6O/c1-16(28)15-27-13-9-21(10-14-27,24-18-5-3-2-4-6-18)20-23-19(25-26-20)17-7-11-22-12-8-17/h2-8,11-12,16,24,28H,9-10,13-15H2,1H3,(H,23,25,26). The third-order valence-corrected chi connectivity index (χ3v) is 5.27. The number of hydrogen-bond donors (Lipinski definition) is 3. The van der Waals surface area contributed by atoms with E-state index >= 15 is 0 Å². The predicted octanol–water partition coefficient (Wildman–Crippen LogP) is 2.65. The first-order chi connectivity index (χ1) is 13.6. The number of para-hydroxylation sites is 1. The van der Waals surface area contributed by atoms with Crippen molar-refractivity contribution in [1.82, 2.24) is 25.1 Å². The van der Waals surface area contributed by atoms with Gasteiger partial charge in [-0.25, -0.2) is 4.98 Å². The topological polar surface area (TPSA) is 90.0 Å². The number of aromatic nitrogens is 4. The summed E-state index contributed by atoms with van der Waals surface area (Å²) >= 11 is 0. The van der Waals surface area contributed by atoms with Crippen molar-refractivity contribution < 1.29 is 5.11 Å². The average molecular weight is 378 g/mol. The number of benzene rings is 1. The summed E-state index contributed by atoms with van der Waals surface area (Å²) in [5.41, 5.74) is 1.68. The molecule has 1 unspecified atom stereocenters. The van der Waals surface area contributed by atoms with Crippen LogP contribution in [-0.2, 0) is 5.54 Å². The molecule has 0 radical (unpaired) electrons. The number of nitrogens with zero attached hydrogens (tertiary/aromatic N) is 4. The molecular weight excluding hydrogens is 352 g/mol. The van der Waals surface area contributed by atoms with Gasteiger partial charge in [-0.1, -0.05) is 18.2 Å². The Balaban J connectivity index is 1.62. The van der Waals surface area contributed by atoms with Crippen molar-refractivity contribution in [2.45, 2.75) is 31.4 Å². The monoisotopic (exact) mass is 378 g/mol. The predicted molar refractivity (Wildman–Crippen MR) is 109 cm³/mol. The fraction of sp³-hybridized carbons (Fsp3) is 0.381. The van der Waals surface area contributed by atoms with Gasteiger partial charge in [0.15, 0.2) is 11.6 Å². The van der Waals surface area contributed by atoms with E-state index in [1.807, 2.05) is 37.3 Å². The number of rotatable bonds is 6. The van der Waals surface area contributed by atoms with Crippen LogP contribution in [-0.4, -0.2) is 55.9 Å². The Morgan fingerprint density at radius 3 is 2.54 bits per heavy atom. The number of aliphatic hydroxyl groups is 1. The molecule has 7 heteroatoms. The van der Waals surface area contributed by atoms with Gasteiger partial charge in [-0.05, 0) is 44.0 Å². The maximum Gasteiger partial charge on any atom is 0.181 e. The second-order valence-electron chi connectivity index (χ2n) is 7.47. The zero-order valence-corrected chi connectivity index (χ0v) is 16.0. The highest BCUT2D eigenvalue weighted by Crippen LogP contribution is 2.35. The highest BCUT2D eigenvalue weighted by atomic mass is 16.3. The lowest BCUT2D eigenvalue weighted by Gasteiger charge is -2.41. The van der Waals surface area contributed by atoms with Gasteiger partial charge in [-0.2, -0.15) is 5.10 Å². The van der Waals surface area contributed by atoms with Crippen LogP contribution in [0, 0.1) is 0 Å². The number of H-pyrrole nitrogens is 1. The van der Waals surface area contributed by atoms with Crippen molar-refractivity contribution in [2.75, 3.05) is 25.0 Å². The van der Waals surface area contributed by atoms with E-state index in [1.165, 1.54) is 0 Å². The SMILES string of the molecule is CC(O)CN1CCC(Nc2ccccc2)(c2nc(-c3ccncc3)n[nH]2)CC1. The number of aliphatic hydroxyl groups excluding tert-OH is 1. The summed E-state index contributed by atoms with van der Waals surface area (Å²) in [6.45, 7) is 4.30. The third-order valence-electron chi connectivity index (χ3n) is 5.27. The molecule has 0 aliphatic carbocycles. The van der Waals surface area contributed by atoms with Gasteiger partial charge in [-0.3, -0.25) is 10.1 Å². The number of piperidine rings is 1. The smallest absolute Gasteiger partial charge is 0.181 e. The Hall–Kier alpha value is -2.77. The van der Waals surface area contributed by atoms with Gasteiger partial charge in [0, 0.05) is 43.3 Å². The first-order valence-corrected chi connectivity index (χ1v) is 9.72. The van der Waals surface area contributed by atoms with Crippen LogP contribution < -0.4 is 5.32 Å². The Bertz CT molecular complexity index is 872. The Morgan fingerprint density at radius 1 is 1.14 bits per heavy atom. The largest absolute Gasteiger partial charge is 0.392 e. The van der Waals surface area contributed by atoms with Crippen LogP contribution in [0.1, 0.15) is 25.6 Å². The molecule has 3 aromatic rings. The summed E-state index contributed by atoms with van der Waals surface area (Å²) in [4.78, 5) is 11.2. The fourth-order valence-corrected chi connectivity index (χ4v) is 3.82. The van der Waals surface area contributed by atoms with Crippen molar-refractivity contribution in [3.8, 4) is 11.4 Å². The number of nitrogens with one attached hydrogen (secondary N) is 2. The number of likely N-dealkylation sites (tertiary alicyclic amines) is 1. The molecule has 28 heavy (non-hydrogen) atoms. The van der Waals surface area contributed by atoms with E-state index in [1.54, 1.807) is 12.4 Å². The average Bonchev–Trinajstić information content (AvgIpc) is 3.22. The molecule has 0 spiro atoms. The number of aromatic amines is 1. The van der Waals surface area contributed by atoms with Crippen molar-refractivity contribution in [3.05, 3.63) is 60.7 Å². The molecule has 4 rings (SSSR count). The summed E-state index contributed by atoms with van der Waals surface area (Å²) in [5.74, 6) is 1.53. The van der Waals surface area contributed by atoms with Gasteiger partial charge in [0.25, 0.3) is 0 Å². The molecule has 3 heterocycles. The molecule has 1 aromatic carbocycles. The number of β-amino-alcohol motifs (C(OH)–C–C–N with tert-alkyl or cyclic N) is 1. The molecule has 3 N–H and O–H groups in total. The Kier molecular flexibility index (Phi) is 5.36. The molecule has 0 saturated carbocycles. The maximum absolute atomic E-state index is 9.73. The molecular formula is C21H26N6O. The summed E-state index contributed by atoms with van der Waals surface area (Å²) < 4.78 is 0. The van der Waals surface area contributed by atoms with E-state index in [0.717, 1.165) is 43.0 Å². The van der Waals surface area contributed by atoms with E-state index < -0.39 is 0 Å². The molecule has 1 aliphatic heterocycles. The lowest BCUT2D eigenvalue weighted by molar-refractivity contribution is 0.0945. The third kappa shape index (κ3) is 4.05. The minimum absolute atomic E-state index is 0.321. The molecule has 7 nitrogen and oxygen atoms in total. The molecule has 1 fully saturated rings. The normalized spacial score (nSPS) is 17.9. The van der Waals surface area contributed by atoms with Crippen molar-refractivity contribution in [3.63, 3.8) is 0 Å². The number of hydrogen-bond acceptors (Lipinski definition) is 6. The van der Waals surface area contributed by atoms with Crippen LogP contribution in [0.5, 0.6) is 0 Å². The first kappa shape index (κ1) is 18.6. The lowest BCUT2D eigenvalue weighted by atomic mass is 9.86. The van der Waals surface area contributed by atoms with E-state index in [-0.39, 0.29) is 11.6 Å². The van der Waals surface area contributed by atoms with Gasteiger partial charge in [0.2, 0.25) is 0 Å². The molecule has 1 aliphatic rings. The summed E-state index contributed by atoms with van der Waals surface area (Å²) in [6, 6.07) is 14.0. The minimum atomic E-state index is -0.325. The lowest BCUT2D eigenvalue weighted by Crippen LogP contribution is -2.49. The second-order valence-corrected chi connectivity index (χ2v) is 7.47. The van der Waals surface area contributed by atoms with Crippen LogP contribution >= 0.6 is 0 Å². The highest BCUT2D eigenvalue weighted by molar-refractivity contribution is 5.54. The summed E-state index contributed by atoms with van der Waals surface area (Å²) in [7, 11) is 0. The van der Waals surface area contributed by atoms with Gasteiger partial charge < -0.3 is 15.3 Å². The van der Waals surface area contributed by atoms with Crippen molar-refractivity contribution >= 4 is 5.69 Å². The van der Waals surface area contributed by atoms with E-state index in [9.17, 15) is 5.11 Å². The number of pyridine rings is 1. The van der Waals surface area contributed by atoms with Gasteiger partial charge in [0.05, 0.1) is 11.6 Å². The van der Waals surface area contributed by atoms with Crippen LogP contribution in [0.15, 0.2) is 54.9 Å². The zero-order chi connectivity index (χ0) is 19.4. The van der Waals surface area contributed by atoms with Crippen molar-refractivity contribution in [2.24, 2.45) is 0 Å². The van der Waals surface area contributed by atoms with Crippen LogP contribution in [0.4, 0.5) is 5.69 Å². The molecule has 0 amide bonds. The van der Waals surface area contributed by atoms with Crippen molar-refractivity contribution in [1.29, 1.82) is 0 Å². The molecule has 0 bridgehead atoms. The highest BCUT2D eigenvalue weighted by Gasteiger charge is 2.39. The quantitative estimate of drug-likeness (QED) is 0.611. The maximum atomic E-state index is 9.73.